The van der Waals surface area contributed by atoms with Crippen LogP contribution in [-0.2, 0) is 16.0 Å². The van der Waals surface area contributed by atoms with Crippen LogP contribution in [0.2, 0.25) is 0 Å². The number of hydrogen-bond donors (Lipinski definition) is 2. The van der Waals surface area contributed by atoms with E-state index in [4.69, 9.17) is 4.74 Å². The molecule has 0 unspecified atom stereocenters. The minimum atomic E-state index is -0.216. The van der Waals surface area contributed by atoms with Gasteiger partial charge in [-0.1, -0.05) is 12.1 Å². The third-order valence-corrected chi connectivity index (χ3v) is 3.64. The van der Waals surface area contributed by atoms with Crippen LogP contribution < -0.4 is 15.4 Å². The van der Waals surface area contributed by atoms with Crippen molar-refractivity contribution in [1.29, 1.82) is 0 Å². The van der Waals surface area contributed by atoms with Gasteiger partial charge in [0.1, 0.15) is 5.75 Å². The smallest absolute Gasteiger partial charge is 0.262 e. The van der Waals surface area contributed by atoms with Crippen LogP contribution in [0.1, 0.15) is 17.5 Å². The van der Waals surface area contributed by atoms with E-state index in [0.29, 0.717) is 24.3 Å². The molecule has 5 heteroatoms. The van der Waals surface area contributed by atoms with Gasteiger partial charge in [0.05, 0.1) is 0 Å². The second-order valence-corrected chi connectivity index (χ2v) is 5.57. The summed E-state index contributed by atoms with van der Waals surface area (Å²) >= 11 is 0. The fraction of sp³-hybridized carbons (Fsp3) is 0.222. The number of carbonyl (C=O) groups is 2. The SMILES string of the molecule is Cc1cccc(OCC(=O)Nc2ccc3c(c2)CCC(=O)N3)c1. The number of nitrogens with one attached hydrogen (secondary N) is 2. The van der Waals surface area contributed by atoms with Crippen LogP contribution in [-0.4, -0.2) is 18.4 Å². The molecule has 2 N–H and O–H groups in total. The van der Waals surface area contributed by atoms with Crippen molar-refractivity contribution in [3.8, 4) is 5.75 Å². The van der Waals surface area contributed by atoms with Gasteiger partial charge in [-0.25, -0.2) is 0 Å². The number of hydrogen-bond acceptors (Lipinski definition) is 3. The molecule has 1 heterocycles. The van der Waals surface area contributed by atoms with E-state index in [0.717, 1.165) is 16.8 Å². The van der Waals surface area contributed by atoms with Gasteiger partial charge in [0.25, 0.3) is 5.91 Å². The van der Waals surface area contributed by atoms with Gasteiger partial charge in [0.2, 0.25) is 5.91 Å². The molecular weight excluding hydrogens is 292 g/mol. The summed E-state index contributed by atoms with van der Waals surface area (Å²) in [5.41, 5.74) is 3.63. The Balaban J connectivity index is 1.59. The molecule has 0 aromatic heterocycles. The van der Waals surface area contributed by atoms with Crippen LogP contribution in [0.4, 0.5) is 11.4 Å². The van der Waals surface area contributed by atoms with Crippen LogP contribution >= 0.6 is 0 Å². The average molecular weight is 310 g/mol. The molecule has 0 radical (unpaired) electrons. The number of rotatable bonds is 4. The molecule has 0 aliphatic carbocycles. The highest BCUT2D eigenvalue weighted by Crippen LogP contribution is 2.25. The molecule has 0 fully saturated rings. The molecule has 0 saturated carbocycles. The Morgan fingerprint density at radius 1 is 1.22 bits per heavy atom. The minimum absolute atomic E-state index is 0.0286. The summed E-state index contributed by atoms with van der Waals surface area (Å²) in [4.78, 5) is 23.3. The summed E-state index contributed by atoms with van der Waals surface area (Å²) in [7, 11) is 0. The number of fused-ring (bicyclic) bond motifs is 1. The van der Waals surface area contributed by atoms with E-state index in [2.05, 4.69) is 10.6 Å². The second kappa shape index (κ2) is 6.52. The number of benzene rings is 2. The Morgan fingerprint density at radius 3 is 2.91 bits per heavy atom. The van der Waals surface area contributed by atoms with Crippen molar-refractivity contribution in [2.45, 2.75) is 19.8 Å². The standard InChI is InChI=1S/C18H18N2O3/c1-12-3-2-4-15(9-12)23-11-18(22)19-14-6-7-16-13(10-14)5-8-17(21)20-16/h2-4,6-7,9-10H,5,8,11H2,1H3,(H,19,22)(H,20,21). The molecule has 0 saturated heterocycles. The summed E-state index contributed by atoms with van der Waals surface area (Å²) in [6, 6.07) is 13.0. The third-order valence-electron chi connectivity index (χ3n) is 3.64. The lowest BCUT2D eigenvalue weighted by molar-refractivity contribution is -0.118. The molecule has 3 rings (SSSR count). The predicted octanol–water partition coefficient (Wildman–Crippen LogP) is 2.90. The Morgan fingerprint density at radius 2 is 2.09 bits per heavy atom. The maximum atomic E-state index is 12.0. The first-order valence-corrected chi connectivity index (χ1v) is 7.52. The maximum absolute atomic E-state index is 12.0. The van der Waals surface area contributed by atoms with Crippen LogP contribution in [0.3, 0.4) is 0 Å². The largest absolute Gasteiger partial charge is 0.484 e. The summed E-state index contributed by atoms with van der Waals surface area (Å²) in [6.07, 6.45) is 1.16. The fourth-order valence-corrected chi connectivity index (χ4v) is 2.51. The molecule has 2 amide bonds. The Hall–Kier alpha value is -2.82. The van der Waals surface area contributed by atoms with Gasteiger partial charge in [-0.2, -0.15) is 0 Å². The van der Waals surface area contributed by atoms with Gasteiger partial charge >= 0.3 is 0 Å². The fourth-order valence-electron chi connectivity index (χ4n) is 2.51. The zero-order valence-electron chi connectivity index (χ0n) is 12.9. The van der Waals surface area contributed by atoms with E-state index >= 15 is 0 Å². The number of carbonyl (C=O) groups excluding carboxylic acids is 2. The van der Waals surface area contributed by atoms with Crippen molar-refractivity contribution in [1.82, 2.24) is 0 Å². The van der Waals surface area contributed by atoms with E-state index < -0.39 is 0 Å². The van der Waals surface area contributed by atoms with Gasteiger partial charge < -0.3 is 15.4 Å². The lowest BCUT2D eigenvalue weighted by Crippen LogP contribution is -2.21. The highest BCUT2D eigenvalue weighted by Gasteiger charge is 2.15. The van der Waals surface area contributed by atoms with Crippen molar-refractivity contribution < 1.29 is 14.3 Å². The topological polar surface area (TPSA) is 67.4 Å². The Bertz CT molecular complexity index is 756. The highest BCUT2D eigenvalue weighted by molar-refractivity contribution is 5.96. The van der Waals surface area contributed by atoms with Crippen molar-refractivity contribution >= 4 is 23.2 Å². The second-order valence-electron chi connectivity index (χ2n) is 5.57. The summed E-state index contributed by atoms with van der Waals surface area (Å²) < 4.78 is 5.48. The van der Waals surface area contributed by atoms with Gasteiger partial charge in [-0.15, -0.1) is 0 Å². The van der Waals surface area contributed by atoms with E-state index in [1.807, 2.05) is 43.3 Å². The highest BCUT2D eigenvalue weighted by atomic mass is 16.5. The van der Waals surface area contributed by atoms with Crippen LogP contribution in [0.25, 0.3) is 0 Å². The molecule has 1 aliphatic rings. The van der Waals surface area contributed by atoms with E-state index in [1.165, 1.54) is 0 Å². The Labute approximate surface area is 134 Å². The molecule has 0 atom stereocenters. The molecule has 23 heavy (non-hydrogen) atoms. The van der Waals surface area contributed by atoms with Gasteiger partial charge in [-0.05, 0) is 54.8 Å². The molecule has 2 aromatic rings. The van der Waals surface area contributed by atoms with Crippen molar-refractivity contribution in [2.24, 2.45) is 0 Å². The molecule has 0 bridgehead atoms. The lowest BCUT2D eigenvalue weighted by atomic mass is 10.0. The van der Waals surface area contributed by atoms with Gasteiger partial charge in [-0.3, -0.25) is 9.59 Å². The van der Waals surface area contributed by atoms with Crippen LogP contribution in [0.5, 0.6) is 5.75 Å². The minimum Gasteiger partial charge on any atom is -0.484 e. The number of anilines is 2. The molecule has 118 valence electrons. The Kier molecular flexibility index (Phi) is 4.28. The summed E-state index contributed by atoms with van der Waals surface area (Å²) in [6.45, 7) is 1.93. The van der Waals surface area contributed by atoms with Crippen molar-refractivity contribution in [3.63, 3.8) is 0 Å². The predicted molar refractivity (Wildman–Crippen MR) is 88.7 cm³/mol. The van der Waals surface area contributed by atoms with Crippen LogP contribution in [0, 0.1) is 6.92 Å². The first-order valence-electron chi connectivity index (χ1n) is 7.52. The van der Waals surface area contributed by atoms with Crippen molar-refractivity contribution in [2.75, 3.05) is 17.2 Å². The van der Waals surface area contributed by atoms with Gasteiger partial charge in [0.15, 0.2) is 6.61 Å². The van der Waals surface area contributed by atoms with E-state index in [9.17, 15) is 9.59 Å². The molecule has 5 nitrogen and oxygen atoms in total. The quantitative estimate of drug-likeness (QED) is 0.912. The van der Waals surface area contributed by atoms with Crippen LogP contribution in [0.15, 0.2) is 42.5 Å². The van der Waals surface area contributed by atoms with E-state index in [1.54, 1.807) is 6.07 Å². The van der Waals surface area contributed by atoms with Gasteiger partial charge in [0, 0.05) is 17.8 Å². The number of amides is 2. The third kappa shape index (κ3) is 3.88. The molecule has 0 spiro atoms. The lowest BCUT2D eigenvalue weighted by Gasteiger charge is -2.17. The first-order chi connectivity index (χ1) is 11.1. The average Bonchev–Trinajstić information content (AvgIpc) is 2.53. The van der Waals surface area contributed by atoms with Crippen molar-refractivity contribution in [3.05, 3.63) is 53.6 Å². The zero-order chi connectivity index (χ0) is 16.2. The van der Waals surface area contributed by atoms with E-state index in [-0.39, 0.29) is 18.4 Å². The monoisotopic (exact) mass is 310 g/mol. The first kappa shape index (κ1) is 15.1. The molecular formula is C18H18N2O3. The zero-order valence-corrected chi connectivity index (χ0v) is 12.9. The normalized spacial score (nSPS) is 13.0. The molecule has 1 aliphatic heterocycles. The maximum Gasteiger partial charge on any atom is 0.262 e. The summed E-state index contributed by atoms with van der Waals surface area (Å²) in [5, 5.41) is 5.63. The number of ether oxygens (including phenoxy) is 1. The molecule has 2 aromatic carbocycles. The number of aryl methyl sites for hydroxylation is 2. The summed E-state index contributed by atoms with van der Waals surface area (Å²) in [5.74, 6) is 0.487.